The summed E-state index contributed by atoms with van der Waals surface area (Å²) >= 11 is 3.41. The van der Waals surface area contributed by atoms with Gasteiger partial charge in [-0.15, -0.1) is 0 Å². The Kier molecular flexibility index (Phi) is 4.35. The molecule has 1 amide bonds. The van der Waals surface area contributed by atoms with E-state index in [9.17, 15) is 13.2 Å². The van der Waals surface area contributed by atoms with E-state index in [0.717, 1.165) is 20.0 Å². The summed E-state index contributed by atoms with van der Waals surface area (Å²) in [4.78, 5) is 11.1. The maximum Gasteiger partial charge on any atom is 0.421 e. The van der Waals surface area contributed by atoms with Crippen molar-refractivity contribution >= 4 is 32.2 Å². The molecule has 0 radical (unpaired) electrons. The molecule has 0 aliphatic carbocycles. The van der Waals surface area contributed by atoms with Gasteiger partial charge in [-0.05, 0) is 12.8 Å². The molecule has 1 fully saturated rings. The zero-order valence-corrected chi connectivity index (χ0v) is 10.7. The standard InChI is InChI=1S/C7H13BrN2O4S/c1-14-7(11)9-15(12,13)10-4-2-6(8)3-5-10/h6H,2-5H2,1H3,(H,9,11). The molecule has 1 N–H and O–H groups in total. The van der Waals surface area contributed by atoms with Gasteiger partial charge in [-0.1, -0.05) is 15.9 Å². The molecule has 0 aromatic rings. The van der Waals surface area contributed by atoms with Crippen LogP contribution in [0.5, 0.6) is 0 Å². The zero-order valence-electron chi connectivity index (χ0n) is 8.27. The van der Waals surface area contributed by atoms with Gasteiger partial charge in [-0.3, -0.25) is 0 Å². The fraction of sp³-hybridized carbons (Fsp3) is 0.857. The van der Waals surface area contributed by atoms with Crippen LogP contribution in [0.25, 0.3) is 0 Å². The summed E-state index contributed by atoms with van der Waals surface area (Å²) in [5.41, 5.74) is 0. The quantitative estimate of drug-likeness (QED) is 0.751. The molecule has 0 unspecified atom stereocenters. The minimum Gasteiger partial charge on any atom is -0.452 e. The van der Waals surface area contributed by atoms with Crippen LogP contribution in [0, 0.1) is 0 Å². The molecule has 0 bridgehead atoms. The molecule has 15 heavy (non-hydrogen) atoms. The highest BCUT2D eigenvalue weighted by Crippen LogP contribution is 2.18. The molecule has 88 valence electrons. The summed E-state index contributed by atoms with van der Waals surface area (Å²) < 4.78 is 30.4. The van der Waals surface area contributed by atoms with Crippen molar-refractivity contribution in [1.29, 1.82) is 0 Å². The van der Waals surface area contributed by atoms with E-state index < -0.39 is 16.3 Å². The molecule has 8 heteroatoms. The largest absolute Gasteiger partial charge is 0.452 e. The van der Waals surface area contributed by atoms with Crippen LogP contribution >= 0.6 is 15.9 Å². The molecule has 6 nitrogen and oxygen atoms in total. The van der Waals surface area contributed by atoms with Gasteiger partial charge in [0.1, 0.15) is 0 Å². The number of ether oxygens (including phenoxy) is 1. The van der Waals surface area contributed by atoms with Crippen molar-refractivity contribution in [1.82, 2.24) is 9.03 Å². The van der Waals surface area contributed by atoms with E-state index in [0.29, 0.717) is 17.9 Å². The van der Waals surface area contributed by atoms with Gasteiger partial charge in [-0.2, -0.15) is 12.7 Å². The Labute approximate surface area is 97.3 Å². The average Bonchev–Trinajstić information content (AvgIpc) is 2.17. The normalized spacial score (nSPS) is 19.9. The second kappa shape index (κ2) is 5.13. The lowest BCUT2D eigenvalue weighted by atomic mass is 10.2. The van der Waals surface area contributed by atoms with Crippen molar-refractivity contribution in [2.45, 2.75) is 17.7 Å². The highest BCUT2D eigenvalue weighted by molar-refractivity contribution is 9.09. The zero-order chi connectivity index (χ0) is 11.5. The molecule has 0 saturated carbocycles. The highest BCUT2D eigenvalue weighted by atomic mass is 79.9. The van der Waals surface area contributed by atoms with E-state index in [1.807, 2.05) is 4.72 Å². The highest BCUT2D eigenvalue weighted by Gasteiger charge is 2.28. The topological polar surface area (TPSA) is 75.7 Å². The van der Waals surface area contributed by atoms with E-state index in [2.05, 4.69) is 20.7 Å². The minimum atomic E-state index is -3.73. The van der Waals surface area contributed by atoms with Crippen LogP contribution in [-0.2, 0) is 14.9 Å². The molecule has 0 aromatic carbocycles. The van der Waals surface area contributed by atoms with Gasteiger partial charge >= 0.3 is 16.3 Å². The lowest BCUT2D eigenvalue weighted by molar-refractivity contribution is 0.176. The molecule has 0 atom stereocenters. The Morgan fingerprint density at radius 3 is 2.47 bits per heavy atom. The first-order valence-electron chi connectivity index (χ1n) is 4.45. The number of rotatable bonds is 2. The molecule has 0 spiro atoms. The van der Waals surface area contributed by atoms with Gasteiger partial charge in [-0.25, -0.2) is 9.52 Å². The third-order valence-corrected chi connectivity index (χ3v) is 4.51. The Balaban J connectivity index is 2.58. The molecule has 1 rings (SSSR count). The van der Waals surface area contributed by atoms with Gasteiger partial charge in [0.25, 0.3) is 0 Å². The van der Waals surface area contributed by atoms with Crippen molar-refractivity contribution in [2.24, 2.45) is 0 Å². The van der Waals surface area contributed by atoms with Gasteiger partial charge in [0.05, 0.1) is 7.11 Å². The summed E-state index contributed by atoms with van der Waals surface area (Å²) in [5.74, 6) is 0. The van der Waals surface area contributed by atoms with Crippen molar-refractivity contribution in [3.05, 3.63) is 0 Å². The fourth-order valence-electron chi connectivity index (χ4n) is 1.28. The van der Waals surface area contributed by atoms with Crippen molar-refractivity contribution in [3.8, 4) is 0 Å². The number of hydrogen-bond acceptors (Lipinski definition) is 4. The van der Waals surface area contributed by atoms with E-state index in [1.54, 1.807) is 0 Å². The first kappa shape index (κ1) is 12.7. The smallest absolute Gasteiger partial charge is 0.421 e. The van der Waals surface area contributed by atoms with Crippen molar-refractivity contribution in [2.75, 3.05) is 20.2 Å². The first-order valence-corrected chi connectivity index (χ1v) is 6.81. The van der Waals surface area contributed by atoms with Crippen LogP contribution in [0.1, 0.15) is 12.8 Å². The molecule has 1 saturated heterocycles. The summed E-state index contributed by atoms with van der Waals surface area (Å²) in [7, 11) is -2.61. The number of carbonyl (C=O) groups is 1. The lowest BCUT2D eigenvalue weighted by Crippen LogP contribution is -2.47. The Hall–Kier alpha value is -0.340. The number of piperidine rings is 1. The summed E-state index contributed by atoms with van der Waals surface area (Å²) in [5, 5.41) is 0. The van der Waals surface area contributed by atoms with Gasteiger partial charge in [0, 0.05) is 17.9 Å². The number of halogens is 1. The first-order chi connectivity index (χ1) is 6.95. The Morgan fingerprint density at radius 2 is 2.00 bits per heavy atom. The van der Waals surface area contributed by atoms with Gasteiger partial charge in [0.15, 0.2) is 0 Å². The number of amides is 1. The van der Waals surface area contributed by atoms with E-state index >= 15 is 0 Å². The number of hydrogen-bond donors (Lipinski definition) is 1. The summed E-state index contributed by atoms with van der Waals surface area (Å²) in [6.45, 7) is 0.810. The van der Waals surface area contributed by atoms with E-state index in [-0.39, 0.29) is 0 Å². The molecule has 0 aromatic heterocycles. The molecule has 1 aliphatic rings. The molecule has 1 heterocycles. The lowest BCUT2D eigenvalue weighted by Gasteiger charge is -2.28. The third kappa shape index (κ3) is 3.62. The van der Waals surface area contributed by atoms with Crippen LogP contribution in [-0.4, -0.2) is 43.8 Å². The molecule has 1 aliphatic heterocycles. The maximum absolute atomic E-state index is 11.6. The monoisotopic (exact) mass is 300 g/mol. The fourth-order valence-corrected chi connectivity index (χ4v) is 2.80. The predicted octanol–water partition coefficient (Wildman–Crippen LogP) is 0.447. The van der Waals surface area contributed by atoms with Crippen LogP contribution in [0.2, 0.25) is 0 Å². The second-order valence-electron chi connectivity index (χ2n) is 3.17. The van der Waals surface area contributed by atoms with Crippen LogP contribution in [0.3, 0.4) is 0 Å². The molecular weight excluding hydrogens is 288 g/mol. The average molecular weight is 301 g/mol. The SMILES string of the molecule is COC(=O)NS(=O)(=O)N1CCC(Br)CC1. The number of nitrogens with zero attached hydrogens (tertiary/aromatic N) is 1. The maximum atomic E-state index is 11.6. The van der Waals surface area contributed by atoms with Gasteiger partial charge in [0.2, 0.25) is 0 Å². The predicted molar refractivity (Wildman–Crippen MR) is 58.0 cm³/mol. The number of nitrogens with one attached hydrogen (secondary N) is 1. The number of methoxy groups -OCH3 is 1. The summed E-state index contributed by atoms with van der Waals surface area (Å²) in [6.07, 6.45) is 0.514. The second-order valence-corrected chi connectivity index (χ2v) is 6.14. The van der Waals surface area contributed by atoms with Crippen LogP contribution in [0.15, 0.2) is 0 Å². The summed E-state index contributed by atoms with van der Waals surface area (Å²) in [6, 6.07) is 0. The van der Waals surface area contributed by atoms with Crippen LogP contribution < -0.4 is 4.72 Å². The van der Waals surface area contributed by atoms with Crippen LogP contribution in [0.4, 0.5) is 4.79 Å². The number of carbonyl (C=O) groups excluding carboxylic acids is 1. The van der Waals surface area contributed by atoms with Gasteiger partial charge < -0.3 is 4.74 Å². The van der Waals surface area contributed by atoms with E-state index in [1.165, 1.54) is 4.31 Å². The Bertz CT molecular complexity index is 324. The van der Waals surface area contributed by atoms with E-state index in [4.69, 9.17) is 0 Å². The molecular formula is C7H13BrN2O4S. The number of alkyl halides is 1. The minimum absolute atomic E-state index is 0.349. The Morgan fingerprint density at radius 1 is 1.47 bits per heavy atom. The third-order valence-electron chi connectivity index (χ3n) is 2.12. The van der Waals surface area contributed by atoms with Crippen molar-refractivity contribution in [3.63, 3.8) is 0 Å². The van der Waals surface area contributed by atoms with Crippen molar-refractivity contribution < 1.29 is 17.9 Å².